The number of nitrogen functional groups attached to an aromatic ring is 1. The molecule has 0 bridgehead atoms. The summed E-state index contributed by atoms with van der Waals surface area (Å²) in [5.41, 5.74) is 11.2. The average molecular weight is 253 g/mol. The molecule has 5 N–H and O–H groups in total. The number of hydrogen-bond donors (Lipinski definition) is 3. The van der Waals surface area contributed by atoms with Gasteiger partial charge < -0.3 is 26.3 Å². The molecule has 0 heterocycles. The van der Waals surface area contributed by atoms with Crippen LogP contribution in [0.1, 0.15) is 10.4 Å². The molecule has 0 spiro atoms. The van der Waals surface area contributed by atoms with Crippen molar-refractivity contribution < 1.29 is 19.1 Å². The van der Waals surface area contributed by atoms with Gasteiger partial charge in [-0.05, 0) is 18.2 Å². The molecule has 0 unspecified atom stereocenters. The molecule has 0 atom stereocenters. The first kappa shape index (κ1) is 13.6. The Balaban J connectivity index is 2.51. The molecule has 1 aromatic rings. The van der Waals surface area contributed by atoms with Crippen molar-refractivity contribution in [3.63, 3.8) is 0 Å². The van der Waals surface area contributed by atoms with Crippen molar-refractivity contribution >= 4 is 17.7 Å². The van der Waals surface area contributed by atoms with Crippen LogP contribution in [0.3, 0.4) is 0 Å². The van der Waals surface area contributed by atoms with Crippen LogP contribution in [-0.2, 0) is 4.74 Å². The van der Waals surface area contributed by atoms with Gasteiger partial charge in [-0.15, -0.1) is 0 Å². The Labute approximate surface area is 104 Å². The maximum atomic E-state index is 11.7. The number of anilines is 1. The van der Waals surface area contributed by atoms with Crippen molar-refractivity contribution in [2.75, 3.05) is 26.0 Å². The molecule has 0 aromatic heterocycles. The van der Waals surface area contributed by atoms with Gasteiger partial charge in [0.05, 0.1) is 19.3 Å². The van der Waals surface area contributed by atoms with E-state index in [1.54, 1.807) is 12.1 Å². The molecule has 0 aliphatic heterocycles. The number of hydrogen-bond acceptors (Lipinski definition) is 5. The summed E-state index contributed by atoms with van der Waals surface area (Å²) in [4.78, 5) is 21.9. The topological polar surface area (TPSA) is 117 Å². The van der Waals surface area contributed by atoms with Gasteiger partial charge in [-0.2, -0.15) is 0 Å². The van der Waals surface area contributed by atoms with E-state index in [1.807, 2.05) is 0 Å². The lowest BCUT2D eigenvalue weighted by Gasteiger charge is -2.08. The van der Waals surface area contributed by atoms with Crippen molar-refractivity contribution in [1.82, 2.24) is 5.32 Å². The van der Waals surface area contributed by atoms with E-state index in [1.165, 1.54) is 13.2 Å². The van der Waals surface area contributed by atoms with Crippen LogP contribution >= 0.6 is 0 Å². The number of carbonyl (C=O) groups is 2. The monoisotopic (exact) mass is 253 g/mol. The van der Waals surface area contributed by atoms with Crippen molar-refractivity contribution in [1.29, 1.82) is 0 Å². The van der Waals surface area contributed by atoms with Crippen LogP contribution < -0.4 is 21.5 Å². The zero-order chi connectivity index (χ0) is 13.5. The number of ether oxygens (including phenoxy) is 2. The minimum Gasteiger partial charge on any atom is -0.495 e. The number of nitrogens with one attached hydrogen (secondary N) is 1. The average Bonchev–Trinajstić information content (AvgIpc) is 2.34. The van der Waals surface area contributed by atoms with Crippen molar-refractivity contribution in [3.8, 4) is 5.75 Å². The molecule has 98 valence electrons. The Bertz CT molecular complexity index is 448. The number of carbonyl (C=O) groups excluding carboxylic acids is 2. The maximum Gasteiger partial charge on any atom is 0.404 e. The largest absolute Gasteiger partial charge is 0.495 e. The number of nitrogens with two attached hydrogens (primary N) is 2. The van der Waals surface area contributed by atoms with Gasteiger partial charge in [0.1, 0.15) is 12.4 Å². The van der Waals surface area contributed by atoms with Crippen LogP contribution in [0.2, 0.25) is 0 Å². The second kappa shape index (κ2) is 6.33. The molecule has 0 saturated heterocycles. The zero-order valence-electron chi connectivity index (χ0n) is 9.93. The van der Waals surface area contributed by atoms with E-state index in [4.69, 9.17) is 16.2 Å². The Hall–Kier alpha value is -2.44. The third-order valence-corrected chi connectivity index (χ3v) is 2.12. The Morgan fingerprint density at radius 3 is 2.67 bits per heavy atom. The van der Waals surface area contributed by atoms with Gasteiger partial charge in [0.2, 0.25) is 0 Å². The Morgan fingerprint density at radius 2 is 2.11 bits per heavy atom. The Morgan fingerprint density at radius 1 is 1.39 bits per heavy atom. The fraction of sp³-hybridized carbons (Fsp3) is 0.273. The van der Waals surface area contributed by atoms with Crippen LogP contribution in [0.25, 0.3) is 0 Å². The second-order valence-corrected chi connectivity index (χ2v) is 3.38. The summed E-state index contributed by atoms with van der Waals surface area (Å²) < 4.78 is 9.44. The van der Waals surface area contributed by atoms with Gasteiger partial charge in [-0.25, -0.2) is 4.79 Å². The molecule has 18 heavy (non-hydrogen) atoms. The first-order valence-corrected chi connectivity index (χ1v) is 5.18. The highest BCUT2D eigenvalue weighted by Gasteiger charge is 2.08. The molecule has 1 rings (SSSR count). The van der Waals surface area contributed by atoms with Crippen LogP contribution in [-0.4, -0.2) is 32.3 Å². The summed E-state index contributed by atoms with van der Waals surface area (Å²) in [5, 5.41) is 2.55. The Kier molecular flexibility index (Phi) is 4.79. The highest BCUT2D eigenvalue weighted by Crippen LogP contribution is 2.21. The van der Waals surface area contributed by atoms with Crippen molar-refractivity contribution in [3.05, 3.63) is 23.8 Å². The standard InChI is InChI=1S/C11H15N3O4/c1-17-9-3-2-7(6-8(9)12)10(15)14-4-5-18-11(13)16/h2-3,6H,4-5,12H2,1H3,(H2,13,16)(H,14,15). The minimum atomic E-state index is -0.877. The zero-order valence-corrected chi connectivity index (χ0v) is 9.93. The molecule has 1 aromatic carbocycles. The van der Waals surface area contributed by atoms with E-state index >= 15 is 0 Å². The first-order chi connectivity index (χ1) is 8.54. The fourth-order valence-electron chi connectivity index (χ4n) is 1.29. The van der Waals surface area contributed by atoms with E-state index in [0.717, 1.165) is 0 Å². The van der Waals surface area contributed by atoms with Gasteiger partial charge in [0, 0.05) is 5.56 Å². The predicted molar refractivity (Wildman–Crippen MR) is 65.3 cm³/mol. The summed E-state index contributed by atoms with van der Waals surface area (Å²) in [6.07, 6.45) is -0.877. The van der Waals surface area contributed by atoms with Crippen LogP contribution in [0, 0.1) is 0 Å². The van der Waals surface area contributed by atoms with Gasteiger partial charge in [0.25, 0.3) is 5.91 Å². The van der Waals surface area contributed by atoms with E-state index in [-0.39, 0.29) is 19.1 Å². The fourth-order valence-corrected chi connectivity index (χ4v) is 1.29. The third kappa shape index (κ3) is 3.85. The SMILES string of the molecule is COc1ccc(C(=O)NCCOC(N)=O)cc1N. The third-order valence-electron chi connectivity index (χ3n) is 2.12. The minimum absolute atomic E-state index is 0.0205. The van der Waals surface area contributed by atoms with Crippen LogP contribution in [0.15, 0.2) is 18.2 Å². The number of amides is 2. The molecule has 2 amide bonds. The summed E-state index contributed by atoms with van der Waals surface area (Å²) >= 11 is 0. The molecule has 0 aliphatic carbocycles. The normalized spacial score (nSPS) is 9.61. The lowest BCUT2D eigenvalue weighted by molar-refractivity contribution is 0.0937. The molecule has 7 nitrogen and oxygen atoms in total. The summed E-state index contributed by atoms with van der Waals surface area (Å²) in [7, 11) is 1.49. The molecule has 0 saturated carbocycles. The van der Waals surface area contributed by atoms with Gasteiger partial charge in [-0.3, -0.25) is 4.79 Å². The molecule has 0 radical (unpaired) electrons. The van der Waals surface area contributed by atoms with E-state index < -0.39 is 6.09 Å². The van der Waals surface area contributed by atoms with Crippen LogP contribution in [0.4, 0.5) is 10.5 Å². The smallest absolute Gasteiger partial charge is 0.404 e. The number of primary amides is 1. The lowest BCUT2D eigenvalue weighted by Crippen LogP contribution is -2.29. The maximum absolute atomic E-state index is 11.7. The molecule has 0 fully saturated rings. The van der Waals surface area contributed by atoms with Crippen molar-refractivity contribution in [2.45, 2.75) is 0 Å². The second-order valence-electron chi connectivity index (χ2n) is 3.38. The quantitative estimate of drug-likeness (QED) is 0.508. The number of methoxy groups -OCH3 is 1. The molecular formula is C11H15N3O4. The number of benzene rings is 1. The summed E-state index contributed by atoms with van der Waals surface area (Å²) in [6.45, 7) is 0.195. The first-order valence-electron chi connectivity index (χ1n) is 5.18. The molecule has 7 heteroatoms. The van der Waals surface area contributed by atoms with Crippen molar-refractivity contribution in [2.24, 2.45) is 5.73 Å². The van der Waals surface area contributed by atoms with Gasteiger partial charge in [0.15, 0.2) is 0 Å². The molecule has 0 aliphatic rings. The van der Waals surface area contributed by atoms with E-state index in [0.29, 0.717) is 17.0 Å². The van der Waals surface area contributed by atoms with E-state index in [9.17, 15) is 9.59 Å². The highest BCUT2D eigenvalue weighted by molar-refractivity contribution is 5.95. The summed E-state index contributed by atoms with van der Waals surface area (Å²) in [5.74, 6) is 0.182. The highest BCUT2D eigenvalue weighted by atomic mass is 16.5. The van der Waals surface area contributed by atoms with Crippen LogP contribution in [0.5, 0.6) is 5.75 Å². The van der Waals surface area contributed by atoms with E-state index in [2.05, 4.69) is 10.1 Å². The molecular weight excluding hydrogens is 238 g/mol. The van der Waals surface area contributed by atoms with Gasteiger partial charge in [-0.1, -0.05) is 0 Å². The van der Waals surface area contributed by atoms with Gasteiger partial charge >= 0.3 is 6.09 Å². The summed E-state index contributed by atoms with van der Waals surface area (Å²) in [6, 6.07) is 4.69. The predicted octanol–water partition coefficient (Wildman–Crippen LogP) is 0.102. The number of rotatable bonds is 5. The lowest BCUT2D eigenvalue weighted by atomic mass is 10.2.